The predicted octanol–water partition coefficient (Wildman–Crippen LogP) is 6.58. The van der Waals surface area contributed by atoms with Gasteiger partial charge in [0.25, 0.3) is 0 Å². The zero-order valence-corrected chi connectivity index (χ0v) is 17.1. The van der Waals surface area contributed by atoms with Gasteiger partial charge in [0.2, 0.25) is 0 Å². The molecule has 0 rings (SSSR count). The summed E-state index contributed by atoms with van der Waals surface area (Å²) in [6.07, 6.45) is -15.8. The zero-order valence-electron chi connectivity index (χ0n) is 15.2. The fraction of sp³-hybridized carbons (Fsp3) is 1.00. The van der Waals surface area contributed by atoms with Crippen LogP contribution in [0.4, 0.5) is 52.7 Å². The molecule has 17 heteroatoms. The van der Waals surface area contributed by atoms with Gasteiger partial charge in [-0.1, -0.05) is 19.6 Å². The van der Waals surface area contributed by atoms with Crippen molar-refractivity contribution in [3.8, 4) is 0 Å². The molecule has 0 heterocycles. The van der Waals surface area contributed by atoms with Crippen LogP contribution in [0.1, 0.15) is 0 Å². The average molecular weight is 496 g/mol. The smallest absolute Gasteiger partial charge is 0.299 e. The van der Waals surface area contributed by atoms with Crippen LogP contribution in [0, 0.1) is 0 Å². The van der Waals surface area contributed by atoms with Crippen molar-refractivity contribution in [3.63, 3.8) is 0 Å². The van der Waals surface area contributed by atoms with Crippen molar-refractivity contribution in [3.05, 3.63) is 0 Å². The van der Waals surface area contributed by atoms with Crippen LogP contribution < -0.4 is 0 Å². The van der Waals surface area contributed by atoms with E-state index < -0.39 is 64.5 Å². The second-order valence-electron chi connectivity index (χ2n) is 7.29. The highest BCUT2D eigenvalue weighted by Gasteiger charge is 2.83. The maximum Gasteiger partial charge on any atom is 0.460 e. The predicted molar refractivity (Wildman–Crippen MR) is 79.5 cm³/mol. The molecule has 2 unspecified atom stereocenters. The van der Waals surface area contributed by atoms with E-state index in [1.165, 1.54) is 19.6 Å². The maximum atomic E-state index is 14.2. The standard InChI is InChI=1S/C12H17F12O3PSi/c1-28(25,26-6-8(13,14)15)27-7(5-29(2,3)4)9(16,17)10(18,19)11(20,21)12(22,23)24/h7H,5-6H2,1-4H3. The molecular weight excluding hydrogens is 479 g/mol. The minimum Gasteiger partial charge on any atom is -0.299 e. The van der Waals surface area contributed by atoms with E-state index in [9.17, 15) is 57.3 Å². The molecule has 0 fully saturated rings. The second-order valence-corrected chi connectivity index (χ2v) is 14.8. The van der Waals surface area contributed by atoms with Crippen molar-refractivity contribution in [2.75, 3.05) is 13.3 Å². The quantitative estimate of drug-likeness (QED) is 0.206. The van der Waals surface area contributed by atoms with Crippen LogP contribution in [0.15, 0.2) is 0 Å². The molecule has 0 aliphatic heterocycles. The molecule has 0 aromatic heterocycles. The first-order chi connectivity index (χ1) is 12.3. The molecule has 0 saturated carbocycles. The average Bonchev–Trinajstić information content (AvgIpc) is 2.40. The Hall–Kier alpha value is -0.473. The molecule has 0 aromatic rings. The fourth-order valence-electron chi connectivity index (χ4n) is 1.83. The van der Waals surface area contributed by atoms with Gasteiger partial charge in [-0.15, -0.1) is 0 Å². The molecule has 0 aromatic carbocycles. The number of alkyl halides is 12. The van der Waals surface area contributed by atoms with Crippen LogP contribution in [0.3, 0.4) is 0 Å². The topological polar surface area (TPSA) is 35.5 Å². The van der Waals surface area contributed by atoms with E-state index in [-0.39, 0.29) is 6.66 Å². The Morgan fingerprint density at radius 1 is 0.828 bits per heavy atom. The molecule has 0 spiro atoms. The summed E-state index contributed by atoms with van der Waals surface area (Å²) in [4.78, 5) is 0. The Morgan fingerprint density at radius 3 is 1.55 bits per heavy atom. The van der Waals surface area contributed by atoms with Gasteiger partial charge in [-0.3, -0.25) is 13.6 Å². The highest BCUT2D eigenvalue weighted by molar-refractivity contribution is 7.53. The Morgan fingerprint density at radius 2 is 1.24 bits per heavy atom. The first-order valence-electron chi connectivity index (χ1n) is 7.44. The maximum absolute atomic E-state index is 14.2. The van der Waals surface area contributed by atoms with Crippen LogP contribution >= 0.6 is 7.60 Å². The van der Waals surface area contributed by atoms with E-state index in [0.29, 0.717) is 0 Å². The van der Waals surface area contributed by atoms with Gasteiger partial charge in [0, 0.05) is 14.7 Å². The molecule has 3 nitrogen and oxygen atoms in total. The Balaban J connectivity index is 6.13. The second kappa shape index (κ2) is 8.23. The molecule has 0 radical (unpaired) electrons. The lowest BCUT2D eigenvalue weighted by atomic mass is 10.00. The monoisotopic (exact) mass is 496 g/mol. The molecule has 0 amide bonds. The molecule has 0 aliphatic rings. The number of rotatable bonds is 9. The summed E-state index contributed by atoms with van der Waals surface area (Å²) in [6.45, 7) is 1.40. The SMILES string of the molecule is C[Si](C)(C)CC(OP(C)(=O)OCC(F)(F)F)C(F)(F)C(F)(F)C(F)(F)C(F)(F)F. The summed E-state index contributed by atoms with van der Waals surface area (Å²) in [5.74, 6) is -20.6. The van der Waals surface area contributed by atoms with Crippen molar-refractivity contribution < 1.29 is 66.3 Å². The summed E-state index contributed by atoms with van der Waals surface area (Å²) in [5, 5.41) is 0. The van der Waals surface area contributed by atoms with Gasteiger partial charge < -0.3 is 0 Å². The van der Waals surface area contributed by atoms with Crippen molar-refractivity contribution in [1.82, 2.24) is 0 Å². The van der Waals surface area contributed by atoms with E-state index in [1.807, 2.05) is 0 Å². The van der Waals surface area contributed by atoms with Gasteiger partial charge in [-0.25, -0.2) is 0 Å². The lowest BCUT2D eigenvalue weighted by Crippen LogP contribution is -2.65. The Bertz CT molecular complexity index is 611. The third-order valence-electron chi connectivity index (χ3n) is 3.15. The molecule has 0 bridgehead atoms. The van der Waals surface area contributed by atoms with Crippen LogP contribution in [0.25, 0.3) is 0 Å². The van der Waals surface area contributed by atoms with Gasteiger partial charge in [-0.05, 0) is 6.04 Å². The van der Waals surface area contributed by atoms with Crippen molar-refractivity contribution in [1.29, 1.82) is 0 Å². The minimum atomic E-state index is -7.23. The summed E-state index contributed by atoms with van der Waals surface area (Å²) in [7, 11) is -8.26. The largest absolute Gasteiger partial charge is 0.460 e. The van der Waals surface area contributed by atoms with Gasteiger partial charge >= 0.3 is 37.7 Å². The van der Waals surface area contributed by atoms with Gasteiger partial charge in [0.15, 0.2) is 6.61 Å². The molecule has 176 valence electrons. The summed E-state index contributed by atoms with van der Waals surface area (Å²) >= 11 is 0. The summed E-state index contributed by atoms with van der Waals surface area (Å²) in [6, 6.07) is -1.25. The molecule has 2 atom stereocenters. The van der Waals surface area contributed by atoms with Crippen molar-refractivity contribution in [2.24, 2.45) is 0 Å². The first-order valence-corrected chi connectivity index (χ1v) is 13.1. The van der Waals surface area contributed by atoms with Gasteiger partial charge in [0.05, 0.1) is 0 Å². The van der Waals surface area contributed by atoms with E-state index in [4.69, 9.17) is 0 Å². The van der Waals surface area contributed by atoms with E-state index in [0.717, 1.165) is 0 Å². The van der Waals surface area contributed by atoms with Gasteiger partial charge in [-0.2, -0.15) is 52.7 Å². The van der Waals surface area contributed by atoms with Crippen LogP contribution in [-0.4, -0.2) is 57.6 Å². The van der Waals surface area contributed by atoms with E-state index >= 15 is 0 Å². The summed E-state index contributed by atoms with van der Waals surface area (Å²) < 4.78 is 175. The Labute approximate surface area is 158 Å². The minimum absolute atomic E-state index is 0.159. The number of hydrogen-bond donors (Lipinski definition) is 0. The van der Waals surface area contributed by atoms with E-state index in [1.54, 1.807) is 0 Å². The first kappa shape index (κ1) is 28.5. The number of halogens is 12. The van der Waals surface area contributed by atoms with Crippen molar-refractivity contribution >= 4 is 15.7 Å². The fourth-order valence-corrected chi connectivity index (χ4v) is 4.53. The third-order valence-corrected chi connectivity index (χ3v) is 5.98. The lowest BCUT2D eigenvalue weighted by molar-refractivity contribution is -0.403. The Kier molecular flexibility index (Phi) is 8.09. The van der Waals surface area contributed by atoms with Crippen LogP contribution in [0.2, 0.25) is 25.7 Å². The molecule has 0 saturated heterocycles. The third kappa shape index (κ3) is 7.31. The molecule has 0 N–H and O–H groups in total. The van der Waals surface area contributed by atoms with Crippen LogP contribution in [-0.2, 0) is 13.6 Å². The van der Waals surface area contributed by atoms with E-state index in [2.05, 4.69) is 9.05 Å². The lowest BCUT2D eigenvalue weighted by Gasteiger charge is -2.39. The summed E-state index contributed by atoms with van der Waals surface area (Å²) in [5.41, 5.74) is 0. The number of hydrogen-bond acceptors (Lipinski definition) is 3. The van der Waals surface area contributed by atoms with Crippen molar-refractivity contribution in [2.45, 2.75) is 61.9 Å². The van der Waals surface area contributed by atoms with Gasteiger partial charge in [0.1, 0.15) is 6.10 Å². The highest BCUT2D eigenvalue weighted by Crippen LogP contribution is 2.58. The normalized spacial score (nSPS) is 18.5. The highest BCUT2D eigenvalue weighted by atomic mass is 31.2. The zero-order chi connectivity index (χ0) is 23.9. The molecule has 29 heavy (non-hydrogen) atoms. The molecular formula is C12H17F12O3PSi. The molecule has 0 aliphatic carbocycles. The van der Waals surface area contributed by atoms with Crippen LogP contribution in [0.5, 0.6) is 0 Å².